The molecule has 0 atom stereocenters. The number of nitrogens with one attached hydrogen (secondary N) is 2. The van der Waals surface area contributed by atoms with Crippen LogP contribution in [0.1, 0.15) is 39.0 Å². The van der Waals surface area contributed by atoms with E-state index in [2.05, 4.69) is 31.4 Å². The molecule has 9 nitrogen and oxygen atoms in total. The van der Waals surface area contributed by atoms with Crippen molar-refractivity contribution in [1.29, 1.82) is 0 Å². The highest BCUT2D eigenvalue weighted by molar-refractivity contribution is 6.11. The van der Waals surface area contributed by atoms with E-state index in [4.69, 9.17) is 9.84 Å². The number of fused-ring (bicyclic) bond motifs is 1. The van der Waals surface area contributed by atoms with Gasteiger partial charge < -0.3 is 10.1 Å². The number of anilines is 3. The number of ether oxygens (including phenoxy) is 1. The third kappa shape index (κ3) is 5.57. The topological polar surface area (TPSA) is 91.7 Å². The van der Waals surface area contributed by atoms with E-state index in [1.807, 2.05) is 78.7 Å². The zero-order chi connectivity index (χ0) is 28.4. The molecule has 1 aliphatic rings. The Bertz CT molecular complexity index is 1550. The summed E-state index contributed by atoms with van der Waals surface area (Å²) < 4.78 is 7.27. The van der Waals surface area contributed by atoms with Gasteiger partial charge in [-0.05, 0) is 30.7 Å². The van der Waals surface area contributed by atoms with Crippen molar-refractivity contribution < 1.29 is 14.3 Å². The number of urea groups is 1. The Morgan fingerprint density at radius 3 is 2.27 bits per heavy atom. The number of nitrogens with zero attached hydrogens (tertiary/aromatic N) is 4. The van der Waals surface area contributed by atoms with Crippen molar-refractivity contribution in [2.75, 3.05) is 41.9 Å². The monoisotopic (exact) mass is 540 g/mol. The number of carbonyl (C=O) groups is 2. The van der Waals surface area contributed by atoms with Crippen LogP contribution in [0.3, 0.4) is 0 Å². The molecule has 0 unspecified atom stereocenters. The summed E-state index contributed by atoms with van der Waals surface area (Å²) in [4.78, 5) is 26.1. The minimum atomic E-state index is -0.385. The molecule has 0 saturated carbocycles. The summed E-state index contributed by atoms with van der Waals surface area (Å²) in [5.41, 5.74) is 4.02. The predicted molar refractivity (Wildman–Crippen MR) is 159 cm³/mol. The van der Waals surface area contributed by atoms with Gasteiger partial charge in [0.1, 0.15) is 5.82 Å². The molecule has 2 heterocycles. The second-order valence-electron chi connectivity index (χ2n) is 11.0. The molecular weight excluding hydrogens is 504 g/mol. The number of aryl methyl sites for hydroxylation is 1. The molecule has 1 aromatic heterocycles. The van der Waals surface area contributed by atoms with Crippen molar-refractivity contribution in [3.05, 3.63) is 78.0 Å². The molecule has 1 saturated heterocycles. The molecule has 0 aliphatic carbocycles. The third-order valence-corrected chi connectivity index (χ3v) is 7.01. The standard InChI is InChI=1S/C31H36N6O3/c1-21-10-6-9-13-26(21)36-29(20-28(34-36)31(3,4)5)33-30(39)32-25-14-15-27(24-12-8-7-11-23(24)25)37(22(2)38)35-16-18-40-19-17-35/h6-15,20H,16-19H2,1-5H3,(H2,32,33,39). The Balaban J connectivity index is 1.46. The fourth-order valence-corrected chi connectivity index (χ4v) is 4.94. The van der Waals surface area contributed by atoms with Crippen LogP contribution in [0.15, 0.2) is 66.7 Å². The van der Waals surface area contributed by atoms with Gasteiger partial charge >= 0.3 is 6.03 Å². The first-order valence-electron chi connectivity index (χ1n) is 13.5. The van der Waals surface area contributed by atoms with Crippen molar-refractivity contribution in [1.82, 2.24) is 14.8 Å². The highest BCUT2D eigenvalue weighted by Crippen LogP contribution is 2.34. The first-order valence-corrected chi connectivity index (χ1v) is 13.5. The highest BCUT2D eigenvalue weighted by atomic mass is 16.5. The molecule has 0 bridgehead atoms. The molecule has 4 aromatic rings. The van der Waals surface area contributed by atoms with E-state index < -0.39 is 0 Å². The number of rotatable bonds is 5. The van der Waals surface area contributed by atoms with Gasteiger partial charge in [-0.1, -0.05) is 63.2 Å². The lowest BCUT2D eigenvalue weighted by atomic mass is 9.92. The van der Waals surface area contributed by atoms with Crippen molar-refractivity contribution >= 4 is 39.9 Å². The Kier molecular flexibility index (Phi) is 7.60. The molecule has 0 spiro atoms. The molecular formula is C31H36N6O3. The number of amides is 3. The number of para-hydroxylation sites is 1. The van der Waals surface area contributed by atoms with Crippen molar-refractivity contribution in [3.63, 3.8) is 0 Å². The molecule has 40 heavy (non-hydrogen) atoms. The lowest BCUT2D eigenvalue weighted by Gasteiger charge is -2.37. The van der Waals surface area contributed by atoms with Gasteiger partial charge in [0.2, 0.25) is 5.91 Å². The first kappa shape index (κ1) is 27.4. The Morgan fingerprint density at radius 1 is 0.925 bits per heavy atom. The molecule has 208 valence electrons. The normalized spacial score (nSPS) is 14.2. The summed E-state index contributed by atoms with van der Waals surface area (Å²) >= 11 is 0. The average Bonchev–Trinajstić information content (AvgIpc) is 3.34. The van der Waals surface area contributed by atoms with Crippen molar-refractivity contribution in [2.45, 2.75) is 40.0 Å². The highest BCUT2D eigenvalue weighted by Gasteiger charge is 2.25. The summed E-state index contributed by atoms with van der Waals surface area (Å²) in [6.45, 7) is 12.3. The summed E-state index contributed by atoms with van der Waals surface area (Å²) in [7, 11) is 0. The van der Waals surface area contributed by atoms with Gasteiger partial charge in [0.15, 0.2) is 0 Å². The van der Waals surface area contributed by atoms with Gasteiger partial charge in [-0.15, -0.1) is 0 Å². The maximum Gasteiger partial charge on any atom is 0.324 e. The van der Waals surface area contributed by atoms with Gasteiger partial charge in [-0.25, -0.2) is 19.5 Å². The van der Waals surface area contributed by atoms with Gasteiger partial charge in [0, 0.05) is 42.3 Å². The Hall–Kier alpha value is -4.21. The van der Waals surface area contributed by atoms with Crippen LogP contribution in [-0.2, 0) is 14.9 Å². The van der Waals surface area contributed by atoms with Crippen LogP contribution in [0.25, 0.3) is 16.5 Å². The SMILES string of the molecule is CC(=O)N(c1ccc(NC(=O)Nc2cc(C(C)(C)C)nn2-c2ccccc2C)c2ccccc12)N1CCOCC1. The van der Waals surface area contributed by atoms with Gasteiger partial charge in [0.25, 0.3) is 0 Å². The van der Waals surface area contributed by atoms with Gasteiger partial charge in [0.05, 0.1) is 36.0 Å². The molecule has 3 amide bonds. The fourth-order valence-electron chi connectivity index (χ4n) is 4.94. The average molecular weight is 541 g/mol. The molecule has 1 aliphatic heterocycles. The number of hydrogen-bond donors (Lipinski definition) is 2. The van der Waals surface area contributed by atoms with Crippen molar-refractivity contribution in [2.24, 2.45) is 0 Å². The number of aromatic nitrogens is 2. The summed E-state index contributed by atoms with van der Waals surface area (Å²) in [6, 6.07) is 21.0. The van der Waals surface area contributed by atoms with Crippen molar-refractivity contribution in [3.8, 4) is 5.69 Å². The van der Waals surface area contributed by atoms with E-state index in [1.165, 1.54) is 0 Å². The number of carbonyl (C=O) groups excluding carboxylic acids is 2. The molecule has 3 aromatic carbocycles. The predicted octanol–water partition coefficient (Wildman–Crippen LogP) is 5.88. The summed E-state index contributed by atoms with van der Waals surface area (Å²) in [5.74, 6) is 0.498. The second-order valence-corrected chi connectivity index (χ2v) is 11.0. The van der Waals surface area contributed by atoms with Crippen LogP contribution >= 0.6 is 0 Å². The van der Waals surface area contributed by atoms with Crippen LogP contribution < -0.4 is 15.6 Å². The van der Waals surface area contributed by atoms with Crippen LogP contribution in [0, 0.1) is 6.92 Å². The fraction of sp³-hybridized carbons (Fsp3) is 0.323. The summed E-state index contributed by atoms with van der Waals surface area (Å²) in [5, 5.41) is 16.3. The molecule has 9 heteroatoms. The Labute approximate surface area is 234 Å². The number of morpholine rings is 1. The van der Waals surface area contributed by atoms with Crippen LogP contribution in [0.5, 0.6) is 0 Å². The van der Waals surface area contributed by atoms with E-state index in [-0.39, 0.29) is 17.4 Å². The lowest BCUT2D eigenvalue weighted by molar-refractivity contribution is -0.120. The number of hydrogen-bond acceptors (Lipinski definition) is 5. The largest absolute Gasteiger partial charge is 0.379 e. The molecule has 1 fully saturated rings. The Morgan fingerprint density at radius 2 is 1.60 bits per heavy atom. The molecule has 0 radical (unpaired) electrons. The third-order valence-electron chi connectivity index (χ3n) is 7.01. The minimum Gasteiger partial charge on any atom is -0.379 e. The molecule has 5 rings (SSSR count). The van der Waals surface area contributed by atoms with E-state index in [0.717, 1.165) is 33.4 Å². The maximum atomic E-state index is 13.4. The zero-order valence-electron chi connectivity index (χ0n) is 23.7. The van der Waals surface area contributed by atoms with Gasteiger partial charge in [-0.3, -0.25) is 10.1 Å². The van der Waals surface area contributed by atoms with Crippen LogP contribution in [0.2, 0.25) is 0 Å². The minimum absolute atomic E-state index is 0.0791. The van der Waals surface area contributed by atoms with E-state index in [9.17, 15) is 9.59 Å². The van der Waals surface area contributed by atoms with E-state index in [0.29, 0.717) is 37.8 Å². The first-order chi connectivity index (χ1) is 19.1. The second kappa shape index (κ2) is 11.1. The van der Waals surface area contributed by atoms with Gasteiger partial charge in [-0.2, -0.15) is 5.10 Å². The van der Waals surface area contributed by atoms with E-state index in [1.54, 1.807) is 16.6 Å². The van der Waals surface area contributed by atoms with E-state index >= 15 is 0 Å². The quantitative estimate of drug-likeness (QED) is 0.330. The number of benzene rings is 3. The number of hydrazine groups is 1. The zero-order valence-corrected chi connectivity index (χ0v) is 23.7. The molecule has 2 N–H and O–H groups in total. The summed E-state index contributed by atoms with van der Waals surface area (Å²) in [6.07, 6.45) is 0. The van der Waals surface area contributed by atoms with Crippen LogP contribution in [0.4, 0.5) is 22.0 Å². The lowest BCUT2D eigenvalue weighted by Crippen LogP contribution is -2.51. The van der Waals surface area contributed by atoms with Crippen LogP contribution in [-0.4, -0.2) is 53.0 Å². The smallest absolute Gasteiger partial charge is 0.324 e. The maximum absolute atomic E-state index is 13.4.